The molecule has 12 heteroatoms. The van der Waals surface area contributed by atoms with Crippen molar-refractivity contribution in [2.45, 2.75) is 38.8 Å². The van der Waals surface area contributed by atoms with E-state index in [-0.39, 0.29) is 17.9 Å². The van der Waals surface area contributed by atoms with Crippen molar-refractivity contribution in [2.24, 2.45) is 5.92 Å². The molecular weight excluding hydrogens is 570 g/mol. The summed E-state index contributed by atoms with van der Waals surface area (Å²) in [6.45, 7) is 4.37. The first-order valence-electron chi connectivity index (χ1n) is 14.7. The highest BCUT2D eigenvalue weighted by atomic mass is 16.5. The SMILES string of the molecule is C#Cc1ccc(-c2cn(-c3ccc(-c4cnc(-c5cnc([C@@H]6CCCN6C(=O)[C@@H](NC(=O)OC)C(C)C)[nH]5)[nH]4)cc3)nn2)cc1. The van der Waals surface area contributed by atoms with Crippen LogP contribution in [-0.4, -0.2) is 71.5 Å². The van der Waals surface area contributed by atoms with Crippen LogP contribution < -0.4 is 5.32 Å². The van der Waals surface area contributed by atoms with Gasteiger partial charge in [-0.2, -0.15) is 0 Å². The number of aromatic amines is 2. The van der Waals surface area contributed by atoms with E-state index in [2.05, 4.69) is 41.5 Å². The zero-order valence-corrected chi connectivity index (χ0v) is 25.2. The fourth-order valence-electron chi connectivity index (χ4n) is 5.48. The highest BCUT2D eigenvalue weighted by Crippen LogP contribution is 2.33. The van der Waals surface area contributed by atoms with Crippen LogP contribution in [0.3, 0.4) is 0 Å². The molecule has 0 aliphatic carbocycles. The number of ether oxygens (including phenoxy) is 1. The molecule has 0 radical (unpaired) electrons. The Morgan fingerprint density at radius 1 is 1.02 bits per heavy atom. The maximum atomic E-state index is 13.4. The van der Waals surface area contributed by atoms with Crippen molar-refractivity contribution in [2.75, 3.05) is 13.7 Å². The summed E-state index contributed by atoms with van der Waals surface area (Å²) >= 11 is 0. The van der Waals surface area contributed by atoms with Gasteiger partial charge >= 0.3 is 6.09 Å². The second kappa shape index (κ2) is 12.5. The smallest absolute Gasteiger partial charge is 0.407 e. The predicted molar refractivity (Wildman–Crippen MR) is 168 cm³/mol. The molecule has 1 saturated heterocycles. The summed E-state index contributed by atoms with van der Waals surface area (Å²) < 4.78 is 6.46. The highest BCUT2D eigenvalue weighted by Gasteiger charge is 2.37. The zero-order valence-electron chi connectivity index (χ0n) is 25.2. The van der Waals surface area contributed by atoms with Gasteiger partial charge in [0.2, 0.25) is 5.91 Å². The third kappa shape index (κ3) is 6.05. The fraction of sp³-hybridized carbons (Fsp3) is 0.273. The van der Waals surface area contributed by atoms with Crippen LogP contribution in [0, 0.1) is 18.3 Å². The summed E-state index contributed by atoms with van der Waals surface area (Å²) in [6.07, 6.45) is 11.8. The molecule has 0 saturated carbocycles. The van der Waals surface area contributed by atoms with Crippen LogP contribution in [0.5, 0.6) is 0 Å². The van der Waals surface area contributed by atoms with E-state index in [0.717, 1.165) is 46.6 Å². The lowest BCUT2D eigenvalue weighted by atomic mass is 10.0. The van der Waals surface area contributed by atoms with E-state index in [1.807, 2.05) is 68.6 Å². The van der Waals surface area contributed by atoms with E-state index in [1.165, 1.54) is 7.11 Å². The Hall–Kier alpha value is -5.70. The molecule has 0 bridgehead atoms. The van der Waals surface area contributed by atoms with Crippen molar-refractivity contribution in [1.82, 2.24) is 45.1 Å². The van der Waals surface area contributed by atoms with Crippen LogP contribution in [0.2, 0.25) is 0 Å². The average molecular weight is 604 g/mol. The summed E-state index contributed by atoms with van der Waals surface area (Å²) in [6, 6.07) is 14.6. The lowest BCUT2D eigenvalue weighted by Crippen LogP contribution is -2.51. The summed E-state index contributed by atoms with van der Waals surface area (Å²) in [4.78, 5) is 43.0. The minimum atomic E-state index is -0.690. The van der Waals surface area contributed by atoms with Gasteiger partial charge in [0.05, 0.1) is 43.1 Å². The number of hydrogen-bond donors (Lipinski definition) is 3. The molecule has 4 heterocycles. The second-order valence-corrected chi connectivity index (χ2v) is 11.2. The summed E-state index contributed by atoms with van der Waals surface area (Å²) in [5.41, 5.74) is 5.88. The normalized spacial score (nSPS) is 15.2. The monoisotopic (exact) mass is 603 g/mol. The Kier molecular flexibility index (Phi) is 8.16. The molecule has 2 aromatic carbocycles. The number of rotatable bonds is 8. The van der Waals surface area contributed by atoms with Gasteiger partial charge in [-0.05, 0) is 48.6 Å². The second-order valence-electron chi connectivity index (χ2n) is 11.2. The molecular formula is C33H33N9O3. The van der Waals surface area contributed by atoms with E-state index in [9.17, 15) is 9.59 Å². The molecule has 1 aliphatic rings. The number of likely N-dealkylation sites (tertiary alicyclic amines) is 1. The first-order chi connectivity index (χ1) is 21.8. The summed E-state index contributed by atoms with van der Waals surface area (Å²) in [7, 11) is 1.28. The third-order valence-corrected chi connectivity index (χ3v) is 7.95. The van der Waals surface area contributed by atoms with E-state index < -0.39 is 12.1 Å². The highest BCUT2D eigenvalue weighted by molar-refractivity contribution is 5.86. The zero-order chi connectivity index (χ0) is 31.5. The standard InChI is InChI=1S/C33H33N9O3/c1-5-21-8-10-23(11-9-21)27-19-42(40-39-27)24-14-12-22(13-15-24)25-17-34-30(36-25)26-18-35-31(37-26)28-7-6-16-41(28)32(43)29(20(2)3)38-33(44)45-4/h1,8-15,17-20,28-29H,6-7,16H2,2-4H3,(H,34,36)(H,35,37)(H,38,44)/t28-,29-/m0/s1. The van der Waals surface area contributed by atoms with Gasteiger partial charge < -0.3 is 24.9 Å². The van der Waals surface area contributed by atoms with Gasteiger partial charge in [-0.15, -0.1) is 11.5 Å². The summed E-state index contributed by atoms with van der Waals surface area (Å²) in [5, 5.41) is 11.3. The van der Waals surface area contributed by atoms with Gasteiger partial charge in [0.15, 0.2) is 5.82 Å². The number of nitrogens with one attached hydrogen (secondary N) is 3. The Balaban J connectivity index is 1.14. The Morgan fingerprint density at radius 2 is 1.76 bits per heavy atom. The van der Waals surface area contributed by atoms with Gasteiger partial charge in [-0.25, -0.2) is 19.4 Å². The van der Waals surface area contributed by atoms with E-state index in [0.29, 0.717) is 23.9 Å². The maximum absolute atomic E-state index is 13.4. The van der Waals surface area contributed by atoms with E-state index >= 15 is 0 Å². The molecule has 5 aromatic rings. The van der Waals surface area contributed by atoms with Crippen LogP contribution in [0.4, 0.5) is 4.79 Å². The minimum absolute atomic E-state index is 0.105. The van der Waals surface area contributed by atoms with Crippen molar-refractivity contribution in [1.29, 1.82) is 0 Å². The van der Waals surface area contributed by atoms with Crippen molar-refractivity contribution >= 4 is 12.0 Å². The number of amides is 2. The number of benzene rings is 2. The van der Waals surface area contributed by atoms with Crippen molar-refractivity contribution in [3.05, 3.63) is 78.5 Å². The number of aromatic nitrogens is 7. The topological polar surface area (TPSA) is 147 Å². The number of methoxy groups -OCH3 is 1. The van der Waals surface area contributed by atoms with Crippen molar-refractivity contribution in [3.8, 4) is 52.1 Å². The molecule has 2 atom stereocenters. The number of hydrogen-bond acceptors (Lipinski definition) is 7. The lowest BCUT2D eigenvalue weighted by Gasteiger charge is -2.29. The quantitative estimate of drug-likeness (QED) is 0.217. The van der Waals surface area contributed by atoms with Crippen LogP contribution >= 0.6 is 0 Å². The summed E-state index contributed by atoms with van der Waals surface area (Å²) in [5.74, 6) is 3.67. The first-order valence-corrected chi connectivity index (χ1v) is 14.7. The number of carbonyl (C=O) groups is 2. The average Bonchev–Trinajstić information content (AvgIpc) is 3.89. The van der Waals surface area contributed by atoms with Crippen molar-refractivity contribution in [3.63, 3.8) is 0 Å². The molecule has 228 valence electrons. The molecule has 3 N–H and O–H groups in total. The van der Waals surface area contributed by atoms with Crippen LogP contribution in [-0.2, 0) is 9.53 Å². The predicted octanol–water partition coefficient (Wildman–Crippen LogP) is 4.74. The Bertz CT molecular complexity index is 1840. The number of H-pyrrole nitrogens is 2. The molecule has 2 amide bonds. The number of terminal acetylenes is 1. The van der Waals surface area contributed by atoms with Gasteiger partial charge in [0, 0.05) is 17.7 Å². The number of imidazole rings is 2. The van der Waals surface area contributed by atoms with E-state index in [4.69, 9.17) is 11.2 Å². The number of carbonyl (C=O) groups excluding carboxylic acids is 2. The van der Waals surface area contributed by atoms with Gasteiger partial charge in [0.25, 0.3) is 0 Å². The number of alkyl carbamates (subject to hydrolysis) is 1. The van der Waals surface area contributed by atoms with Crippen LogP contribution in [0.1, 0.15) is 44.1 Å². The third-order valence-electron chi connectivity index (χ3n) is 7.95. The molecule has 6 rings (SSSR count). The Labute approximate surface area is 260 Å². The van der Waals surface area contributed by atoms with Crippen LogP contribution in [0.15, 0.2) is 67.1 Å². The van der Waals surface area contributed by atoms with Crippen molar-refractivity contribution < 1.29 is 14.3 Å². The molecule has 12 nitrogen and oxygen atoms in total. The maximum Gasteiger partial charge on any atom is 0.407 e. The van der Waals surface area contributed by atoms with Gasteiger partial charge in [-0.3, -0.25) is 4.79 Å². The lowest BCUT2D eigenvalue weighted by molar-refractivity contribution is -0.135. The fourth-order valence-corrected chi connectivity index (χ4v) is 5.48. The van der Waals surface area contributed by atoms with Gasteiger partial charge in [-0.1, -0.05) is 49.2 Å². The molecule has 1 fully saturated rings. The molecule has 0 unspecified atom stereocenters. The first kappa shape index (κ1) is 29.4. The molecule has 1 aliphatic heterocycles. The van der Waals surface area contributed by atoms with Crippen LogP contribution in [0.25, 0.3) is 39.7 Å². The number of nitrogens with zero attached hydrogens (tertiary/aromatic N) is 6. The van der Waals surface area contributed by atoms with Gasteiger partial charge in [0.1, 0.15) is 23.3 Å². The minimum Gasteiger partial charge on any atom is -0.453 e. The Morgan fingerprint density at radius 3 is 2.47 bits per heavy atom. The molecule has 45 heavy (non-hydrogen) atoms. The van der Waals surface area contributed by atoms with E-state index in [1.54, 1.807) is 22.0 Å². The molecule has 3 aromatic heterocycles. The largest absolute Gasteiger partial charge is 0.453 e. The molecule has 0 spiro atoms.